The standard InChI is InChI=1S/C42H47F2N5O4/c1-4-28-30(43)10-9-26-18-27(50)19-29(32(26)28)35-34(44)36-33(38(45-35)52-3)37(49-17-6-11-40(2,51)23-49)47-39(46-36)53-24-42-12-5-8-31(42)48(16-7-13-42)22-25-20-41(21-25)14-15-41/h1,9-10,18-19,25,31,50-51H,5-8,11-17,20-24H2,2-3H3. The van der Waals surface area contributed by atoms with Crippen LogP contribution in [0.25, 0.3) is 32.9 Å². The van der Waals surface area contributed by atoms with Crippen LogP contribution in [0.1, 0.15) is 83.1 Å². The largest absolute Gasteiger partial charge is 0.508 e. The quantitative estimate of drug-likeness (QED) is 0.180. The highest BCUT2D eigenvalue weighted by atomic mass is 19.1. The molecule has 11 heteroatoms. The van der Waals surface area contributed by atoms with Crippen molar-refractivity contribution in [1.82, 2.24) is 19.9 Å². The molecule has 3 atom stereocenters. The molecule has 4 heterocycles. The molecule has 2 aromatic carbocycles. The van der Waals surface area contributed by atoms with Gasteiger partial charge >= 0.3 is 6.01 Å². The number of β-amino-alcohol motifs (C(OH)–C–C–N with tert-alkyl or cyclic N) is 1. The molecule has 9 nitrogen and oxygen atoms in total. The lowest BCUT2D eigenvalue weighted by atomic mass is 9.70. The molecule has 2 aliphatic heterocycles. The first-order valence-corrected chi connectivity index (χ1v) is 19.2. The number of benzene rings is 2. The predicted octanol–water partition coefficient (Wildman–Crippen LogP) is 7.37. The van der Waals surface area contributed by atoms with E-state index >= 15 is 8.78 Å². The van der Waals surface area contributed by atoms with E-state index in [-0.39, 0.29) is 62.7 Å². The van der Waals surface area contributed by atoms with Crippen LogP contribution in [0.15, 0.2) is 24.3 Å². The number of fused-ring (bicyclic) bond motifs is 3. The van der Waals surface area contributed by atoms with E-state index in [0.29, 0.717) is 48.7 Å². The number of aromatic hydroxyl groups is 1. The zero-order chi connectivity index (χ0) is 36.7. The Morgan fingerprint density at radius 2 is 1.79 bits per heavy atom. The molecule has 0 bridgehead atoms. The molecule has 5 fully saturated rings. The number of phenols is 1. The minimum atomic E-state index is -0.993. The number of anilines is 1. The molecular weight excluding hydrogens is 676 g/mol. The van der Waals surface area contributed by atoms with Crippen LogP contribution in [0, 0.1) is 40.7 Å². The minimum absolute atomic E-state index is 0.0393. The lowest BCUT2D eigenvalue weighted by molar-refractivity contribution is -0.0213. The Labute approximate surface area is 308 Å². The number of pyridine rings is 1. The van der Waals surface area contributed by atoms with E-state index in [1.54, 1.807) is 6.92 Å². The van der Waals surface area contributed by atoms with Crippen molar-refractivity contribution in [2.24, 2.45) is 16.7 Å². The van der Waals surface area contributed by atoms with Crippen molar-refractivity contribution in [3.63, 3.8) is 0 Å². The molecule has 2 saturated heterocycles. The molecular formula is C42H47F2N5O4. The Balaban J connectivity index is 1.14. The molecule has 2 N–H and O–H groups in total. The number of nitrogens with zero attached hydrogens (tertiary/aromatic N) is 5. The van der Waals surface area contributed by atoms with Gasteiger partial charge in [0.25, 0.3) is 0 Å². The number of likely N-dealkylation sites (tertiary alicyclic amines) is 1. The monoisotopic (exact) mass is 723 g/mol. The van der Waals surface area contributed by atoms with Gasteiger partial charge < -0.3 is 24.6 Å². The van der Waals surface area contributed by atoms with Crippen molar-refractivity contribution in [1.29, 1.82) is 0 Å². The van der Waals surface area contributed by atoms with Crippen molar-refractivity contribution in [3.8, 4) is 41.2 Å². The molecule has 53 heavy (non-hydrogen) atoms. The number of phenolic OH excluding ortho intramolecular Hbond substituents is 1. The fraction of sp³-hybridized carbons (Fsp3) is 0.548. The average Bonchev–Trinajstić information content (AvgIpc) is 3.80. The Bertz CT molecular complexity index is 2160. The van der Waals surface area contributed by atoms with Gasteiger partial charge in [-0.2, -0.15) is 9.97 Å². The number of methoxy groups -OCH3 is 1. The molecule has 3 unspecified atom stereocenters. The Morgan fingerprint density at radius 3 is 2.55 bits per heavy atom. The molecule has 3 saturated carbocycles. The van der Waals surface area contributed by atoms with Gasteiger partial charge in [0.2, 0.25) is 5.88 Å². The molecule has 0 radical (unpaired) electrons. The second-order valence-corrected chi connectivity index (χ2v) is 16.9. The van der Waals surface area contributed by atoms with E-state index in [1.165, 1.54) is 57.1 Å². The zero-order valence-corrected chi connectivity index (χ0v) is 30.6. The summed E-state index contributed by atoms with van der Waals surface area (Å²) >= 11 is 0. The maximum atomic E-state index is 17.3. The lowest BCUT2D eigenvalue weighted by Crippen LogP contribution is -2.54. The molecule has 2 aromatic heterocycles. The number of rotatable bonds is 8. The highest BCUT2D eigenvalue weighted by Gasteiger charge is 2.55. The number of aliphatic hydroxyl groups is 1. The summed E-state index contributed by atoms with van der Waals surface area (Å²) in [5.74, 6) is 1.96. The first-order chi connectivity index (χ1) is 25.5. The van der Waals surface area contributed by atoms with Crippen LogP contribution in [0.5, 0.6) is 17.6 Å². The summed E-state index contributed by atoms with van der Waals surface area (Å²) in [6.07, 6.45) is 18.2. The number of aromatic nitrogens is 3. The van der Waals surface area contributed by atoms with Gasteiger partial charge in [-0.3, -0.25) is 4.90 Å². The summed E-state index contributed by atoms with van der Waals surface area (Å²) in [6.45, 7) is 5.32. The summed E-state index contributed by atoms with van der Waals surface area (Å²) in [4.78, 5) is 18.9. The number of hydrogen-bond acceptors (Lipinski definition) is 9. The predicted molar refractivity (Wildman–Crippen MR) is 199 cm³/mol. The van der Waals surface area contributed by atoms with E-state index < -0.39 is 17.2 Å². The highest BCUT2D eigenvalue weighted by molar-refractivity contribution is 6.04. The number of ether oxygens (including phenoxy) is 2. The number of piperidine rings is 2. The van der Waals surface area contributed by atoms with Crippen molar-refractivity contribution in [3.05, 3.63) is 41.5 Å². The third-order valence-corrected chi connectivity index (χ3v) is 13.1. The number of hydrogen-bond donors (Lipinski definition) is 2. The van der Waals surface area contributed by atoms with Crippen LogP contribution >= 0.6 is 0 Å². The van der Waals surface area contributed by atoms with E-state index in [9.17, 15) is 10.2 Å². The van der Waals surface area contributed by atoms with Crippen LogP contribution in [-0.2, 0) is 0 Å². The second kappa shape index (κ2) is 12.7. The molecule has 0 amide bonds. The van der Waals surface area contributed by atoms with E-state index in [2.05, 4.69) is 15.8 Å². The van der Waals surface area contributed by atoms with Gasteiger partial charge in [0.05, 0.1) is 24.9 Å². The topological polar surface area (TPSA) is 104 Å². The van der Waals surface area contributed by atoms with Gasteiger partial charge in [0.1, 0.15) is 34.0 Å². The van der Waals surface area contributed by atoms with E-state index in [1.807, 2.05) is 4.90 Å². The summed E-state index contributed by atoms with van der Waals surface area (Å²) in [6, 6.07) is 5.95. The first-order valence-electron chi connectivity index (χ1n) is 19.2. The summed E-state index contributed by atoms with van der Waals surface area (Å²) in [5.41, 5.74) is -0.614. The van der Waals surface area contributed by atoms with Crippen LogP contribution in [-0.4, -0.2) is 81.6 Å². The van der Waals surface area contributed by atoms with Crippen LogP contribution in [0.2, 0.25) is 0 Å². The number of halogens is 2. The van der Waals surface area contributed by atoms with Gasteiger partial charge in [-0.1, -0.05) is 18.4 Å². The average molecular weight is 724 g/mol. The molecule has 5 aliphatic rings. The maximum absolute atomic E-state index is 17.3. The van der Waals surface area contributed by atoms with Gasteiger partial charge in [-0.25, -0.2) is 13.8 Å². The zero-order valence-electron chi connectivity index (χ0n) is 30.6. The van der Waals surface area contributed by atoms with Gasteiger partial charge in [0.15, 0.2) is 5.82 Å². The first kappa shape index (κ1) is 34.5. The van der Waals surface area contributed by atoms with Crippen LogP contribution < -0.4 is 14.4 Å². The van der Waals surface area contributed by atoms with Crippen molar-refractivity contribution >= 4 is 27.5 Å². The fourth-order valence-electron chi connectivity index (χ4n) is 10.5. The molecule has 278 valence electrons. The van der Waals surface area contributed by atoms with Crippen molar-refractivity contribution in [2.75, 3.05) is 44.8 Å². The Hall–Kier alpha value is -4.27. The molecule has 4 aromatic rings. The highest BCUT2D eigenvalue weighted by Crippen LogP contribution is 2.63. The van der Waals surface area contributed by atoms with Gasteiger partial charge in [-0.15, -0.1) is 6.42 Å². The lowest BCUT2D eigenvalue weighted by Gasteiger charge is -2.49. The normalized spacial score (nSPS) is 26.8. The summed E-state index contributed by atoms with van der Waals surface area (Å²) in [7, 11) is 1.43. The third kappa shape index (κ3) is 5.93. The third-order valence-electron chi connectivity index (χ3n) is 13.1. The van der Waals surface area contributed by atoms with Gasteiger partial charge in [-0.05, 0) is 113 Å². The Morgan fingerprint density at radius 1 is 1.00 bits per heavy atom. The maximum Gasteiger partial charge on any atom is 0.319 e. The SMILES string of the molecule is C#Cc1c(F)ccc2cc(O)cc(-c3nc(OC)c4c(N5CCCC(C)(O)C5)nc(OCC56CCCC5N(CC5CC7(CC7)C5)CCC6)nc4c3F)c12. The molecule has 3 aliphatic carbocycles. The molecule has 9 rings (SSSR count). The van der Waals surface area contributed by atoms with Crippen molar-refractivity contribution < 1.29 is 28.5 Å². The van der Waals surface area contributed by atoms with Gasteiger partial charge in [0, 0.05) is 42.0 Å². The summed E-state index contributed by atoms with van der Waals surface area (Å²) < 4.78 is 44.7. The smallest absolute Gasteiger partial charge is 0.319 e. The molecule has 1 spiro atoms. The minimum Gasteiger partial charge on any atom is -0.508 e. The second-order valence-electron chi connectivity index (χ2n) is 16.9. The fourth-order valence-corrected chi connectivity index (χ4v) is 10.5. The van der Waals surface area contributed by atoms with E-state index in [4.69, 9.17) is 25.9 Å². The van der Waals surface area contributed by atoms with Crippen molar-refractivity contribution in [2.45, 2.75) is 89.2 Å². The Kier molecular flexibility index (Phi) is 8.24. The van der Waals surface area contributed by atoms with E-state index in [0.717, 1.165) is 51.1 Å². The van der Waals surface area contributed by atoms with Crippen LogP contribution in [0.3, 0.4) is 0 Å². The number of terminal acetylenes is 1. The summed E-state index contributed by atoms with van der Waals surface area (Å²) in [5, 5.41) is 22.7. The van der Waals surface area contributed by atoms with Crippen LogP contribution in [0.4, 0.5) is 14.6 Å².